The highest BCUT2D eigenvalue weighted by Crippen LogP contribution is 2.14. The summed E-state index contributed by atoms with van der Waals surface area (Å²) >= 11 is 0. The number of methoxy groups -OCH3 is 1. The van der Waals surface area contributed by atoms with Crippen LogP contribution < -0.4 is 10.5 Å². The number of carbonyl (C=O) groups is 2. The third kappa shape index (κ3) is 5.39. The van der Waals surface area contributed by atoms with Gasteiger partial charge in [0.1, 0.15) is 5.75 Å². The summed E-state index contributed by atoms with van der Waals surface area (Å²) in [6, 6.07) is 7.13. The van der Waals surface area contributed by atoms with Crippen molar-refractivity contribution < 1.29 is 14.3 Å². The number of amides is 2. The number of carbonyl (C=O) groups excluding carboxylic acids is 2. The molecular formula is C17H26ClN3O3. The number of benzene rings is 1. The highest BCUT2D eigenvalue weighted by molar-refractivity contribution is 5.94. The number of halogens is 1. The summed E-state index contributed by atoms with van der Waals surface area (Å²) in [6.45, 7) is 4.20. The summed E-state index contributed by atoms with van der Waals surface area (Å²) < 4.78 is 5.10. The van der Waals surface area contributed by atoms with Crippen molar-refractivity contribution in [3.63, 3.8) is 0 Å². The Labute approximate surface area is 149 Å². The number of nitrogens with zero attached hydrogens (tertiary/aromatic N) is 2. The molecule has 1 unspecified atom stereocenters. The Morgan fingerprint density at radius 2 is 1.67 bits per heavy atom. The molecule has 0 bridgehead atoms. The van der Waals surface area contributed by atoms with Gasteiger partial charge < -0.3 is 20.3 Å². The second-order valence-electron chi connectivity index (χ2n) is 5.92. The Morgan fingerprint density at radius 1 is 1.12 bits per heavy atom. The van der Waals surface area contributed by atoms with Crippen molar-refractivity contribution in [2.75, 3.05) is 33.3 Å². The first-order valence-electron chi connectivity index (χ1n) is 7.98. The zero-order valence-electron chi connectivity index (χ0n) is 14.2. The maximum atomic E-state index is 12.5. The molecule has 0 aromatic heterocycles. The Balaban J connectivity index is 0.00000288. The van der Waals surface area contributed by atoms with E-state index in [0.717, 1.165) is 5.75 Å². The van der Waals surface area contributed by atoms with Gasteiger partial charge in [-0.2, -0.15) is 0 Å². The van der Waals surface area contributed by atoms with Crippen LogP contribution in [0, 0.1) is 0 Å². The first-order chi connectivity index (χ1) is 11.0. The first kappa shape index (κ1) is 20.3. The standard InChI is InChI=1S/C17H25N3O3.ClH/c1-13(18)3-8-16(21)19-9-11-20(12-10-19)17(22)14-4-6-15(23-2)7-5-14;/h4-7,13H,3,8-12,18H2,1-2H3;1H. The summed E-state index contributed by atoms with van der Waals surface area (Å²) in [5, 5.41) is 0. The second-order valence-corrected chi connectivity index (χ2v) is 5.92. The van der Waals surface area contributed by atoms with E-state index < -0.39 is 0 Å². The molecule has 0 aliphatic carbocycles. The lowest BCUT2D eigenvalue weighted by atomic mass is 10.1. The molecule has 1 atom stereocenters. The van der Waals surface area contributed by atoms with Crippen LogP contribution in [-0.2, 0) is 4.79 Å². The molecule has 1 aromatic carbocycles. The van der Waals surface area contributed by atoms with E-state index in [1.165, 1.54) is 0 Å². The van der Waals surface area contributed by atoms with Gasteiger partial charge in [0.05, 0.1) is 7.11 Å². The van der Waals surface area contributed by atoms with Crippen LogP contribution >= 0.6 is 12.4 Å². The molecule has 0 radical (unpaired) electrons. The van der Waals surface area contributed by atoms with Crippen LogP contribution in [0.4, 0.5) is 0 Å². The van der Waals surface area contributed by atoms with Gasteiger partial charge in [0.2, 0.25) is 5.91 Å². The van der Waals surface area contributed by atoms with Crippen LogP contribution in [0.2, 0.25) is 0 Å². The number of rotatable bonds is 5. The summed E-state index contributed by atoms with van der Waals surface area (Å²) in [7, 11) is 1.60. The van der Waals surface area contributed by atoms with E-state index in [1.54, 1.807) is 36.3 Å². The average Bonchev–Trinajstić information content (AvgIpc) is 2.59. The molecule has 1 heterocycles. The van der Waals surface area contributed by atoms with E-state index in [4.69, 9.17) is 10.5 Å². The minimum atomic E-state index is -0.00432. The fraction of sp³-hybridized carbons (Fsp3) is 0.529. The molecule has 1 saturated heterocycles. The number of piperazine rings is 1. The smallest absolute Gasteiger partial charge is 0.253 e. The number of hydrogen-bond donors (Lipinski definition) is 1. The maximum Gasteiger partial charge on any atom is 0.253 e. The molecule has 1 aliphatic heterocycles. The minimum Gasteiger partial charge on any atom is -0.497 e. The van der Waals surface area contributed by atoms with Gasteiger partial charge in [0.25, 0.3) is 5.91 Å². The fourth-order valence-electron chi connectivity index (χ4n) is 2.58. The largest absolute Gasteiger partial charge is 0.497 e. The predicted molar refractivity (Wildman–Crippen MR) is 95.6 cm³/mol. The van der Waals surface area contributed by atoms with Crippen LogP contribution in [0.25, 0.3) is 0 Å². The van der Waals surface area contributed by atoms with Crippen molar-refractivity contribution in [1.29, 1.82) is 0 Å². The molecule has 24 heavy (non-hydrogen) atoms. The topological polar surface area (TPSA) is 75.9 Å². The number of ether oxygens (including phenoxy) is 1. The molecule has 0 saturated carbocycles. The van der Waals surface area contributed by atoms with Crippen LogP contribution in [-0.4, -0.2) is 60.9 Å². The fourth-order valence-corrected chi connectivity index (χ4v) is 2.58. The quantitative estimate of drug-likeness (QED) is 0.869. The highest BCUT2D eigenvalue weighted by atomic mass is 35.5. The molecule has 0 spiro atoms. The Bertz CT molecular complexity index is 541. The van der Waals surface area contributed by atoms with Crippen LogP contribution in [0.1, 0.15) is 30.1 Å². The molecule has 1 fully saturated rings. The zero-order valence-corrected chi connectivity index (χ0v) is 15.1. The summed E-state index contributed by atoms with van der Waals surface area (Å²) in [4.78, 5) is 28.1. The van der Waals surface area contributed by atoms with E-state index in [2.05, 4.69) is 0 Å². The third-order valence-corrected chi connectivity index (χ3v) is 4.07. The summed E-state index contributed by atoms with van der Waals surface area (Å²) in [5.74, 6) is 0.847. The van der Waals surface area contributed by atoms with E-state index in [0.29, 0.717) is 44.6 Å². The van der Waals surface area contributed by atoms with E-state index in [9.17, 15) is 9.59 Å². The molecule has 7 heteroatoms. The van der Waals surface area contributed by atoms with Gasteiger partial charge in [0, 0.05) is 44.2 Å². The van der Waals surface area contributed by atoms with Gasteiger partial charge in [0.15, 0.2) is 0 Å². The molecule has 6 nitrogen and oxygen atoms in total. The Kier molecular flexibility index (Phi) is 8.01. The SMILES string of the molecule is COc1ccc(C(=O)N2CCN(C(=O)CCC(C)N)CC2)cc1.Cl. The lowest BCUT2D eigenvalue weighted by Crippen LogP contribution is -2.50. The van der Waals surface area contributed by atoms with Gasteiger partial charge in [-0.05, 0) is 37.6 Å². The first-order valence-corrected chi connectivity index (χ1v) is 7.98. The molecular weight excluding hydrogens is 330 g/mol. The molecule has 134 valence electrons. The summed E-state index contributed by atoms with van der Waals surface area (Å²) in [5.41, 5.74) is 6.33. The van der Waals surface area contributed by atoms with Crippen LogP contribution in [0.15, 0.2) is 24.3 Å². The molecule has 1 aromatic rings. The maximum absolute atomic E-state index is 12.5. The van der Waals surface area contributed by atoms with Gasteiger partial charge in [-0.15, -0.1) is 12.4 Å². The summed E-state index contributed by atoms with van der Waals surface area (Å²) in [6.07, 6.45) is 1.17. The lowest BCUT2D eigenvalue weighted by Gasteiger charge is -2.35. The normalized spacial score (nSPS) is 15.5. The van der Waals surface area contributed by atoms with E-state index >= 15 is 0 Å². The van der Waals surface area contributed by atoms with Crippen molar-refractivity contribution >= 4 is 24.2 Å². The van der Waals surface area contributed by atoms with Crippen LogP contribution in [0.3, 0.4) is 0 Å². The van der Waals surface area contributed by atoms with E-state index in [1.807, 2.05) is 11.8 Å². The van der Waals surface area contributed by atoms with Crippen molar-refractivity contribution in [2.45, 2.75) is 25.8 Å². The second kappa shape index (κ2) is 9.49. The highest BCUT2D eigenvalue weighted by Gasteiger charge is 2.24. The van der Waals surface area contributed by atoms with Crippen molar-refractivity contribution in [2.24, 2.45) is 5.73 Å². The molecule has 2 N–H and O–H groups in total. The van der Waals surface area contributed by atoms with Gasteiger partial charge in [-0.25, -0.2) is 0 Å². The van der Waals surface area contributed by atoms with Gasteiger partial charge in [-0.1, -0.05) is 0 Å². The van der Waals surface area contributed by atoms with Gasteiger partial charge in [-0.3, -0.25) is 9.59 Å². The number of hydrogen-bond acceptors (Lipinski definition) is 4. The Hall–Kier alpha value is -1.79. The minimum absolute atomic E-state index is 0. The van der Waals surface area contributed by atoms with Crippen molar-refractivity contribution in [3.8, 4) is 5.75 Å². The average molecular weight is 356 g/mol. The van der Waals surface area contributed by atoms with Gasteiger partial charge >= 0.3 is 0 Å². The zero-order chi connectivity index (χ0) is 16.8. The van der Waals surface area contributed by atoms with Crippen molar-refractivity contribution in [1.82, 2.24) is 9.80 Å². The molecule has 2 rings (SSSR count). The number of nitrogens with two attached hydrogens (primary N) is 1. The molecule has 1 aliphatic rings. The lowest BCUT2D eigenvalue weighted by molar-refractivity contribution is -0.132. The van der Waals surface area contributed by atoms with Crippen molar-refractivity contribution in [3.05, 3.63) is 29.8 Å². The van der Waals surface area contributed by atoms with Crippen LogP contribution in [0.5, 0.6) is 5.75 Å². The molecule has 2 amide bonds. The monoisotopic (exact) mass is 355 g/mol. The Morgan fingerprint density at radius 3 is 2.17 bits per heavy atom. The third-order valence-electron chi connectivity index (χ3n) is 4.07. The predicted octanol–water partition coefficient (Wildman–Crippen LogP) is 1.53. The van der Waals surface area contributed by atoms with E-state index in [-0.39, 0.29) is 30.3 Å².